The molecule has 9 heteroatoms. The minimum Gasteiger partial charge on any atom is -0.446 e. The Balaban J connectivity index is 1.28. The van der Waals surface area contributed by atoms with Gasteiger partial charge in [0.2, 0.25) is 5.91 Å². The number of hydrogen-bond donors (Lipinski definition) is 1. The highest BCUT2D eigenvalue weighted by molar-refractivity contribution is 7.15. The Bertz CT molecular complexity index is 1390. The van der Waals surface area contributed by atoms with E-state index < -0.39 is 6.09 Å². The minimum absolute atomic E-state index is 0.0737. The number of alkyl carbamates (subject to hydrolysis) is 1. The summed E-state index contributed by atoms with van der Waals surface area (Å²) in [5, 5.41) is 3.76. The molecule has 0 saturated heterocycles. The number of amides is 2. The van der Waals surface area contributed by atoms with Gasteiger partial charge in [0.25, 0.3) is 0 Å². The van der Waals surface area contributed by atoms with Crippen LogP contribution < -0.4 is 10.2 Å². The van der Waals surface area contributed by atoms with Crippen molar-refractivity contribution in [1.29, 1.82) is 0 Å². The van der Waals surface area contributed by atoms with E-state index in [4.69, 9.17) is 9.72 Å². The van der Waals surface area contributed by atoms with Gasteiger partial charge in [-0.15, -0.1) is 11.3 Å². The molecule has 0 aliphatic heterocycles. The number of benzene rings is 1. The van der Waals surface area contributed by atoms with Crippen LogP contribution in [0.4, 0.5) is 10.5 Å². The number of amidine groups is 1. The van der Waals surface area contributed by atoms with Crippen LogP contribution in [0.15, 0.2) is 59.8 Å². The summed E-state index contributed by atoms with van der Waals surface area (Å²) < 4.78 is 5.50. The van der Waals surface area contributed by atoms with E-state index in [-0.39, 0.29) is 17.9 Å². The highest BCUT2D eigenvalue weighted by Gasteiger charge is 2.34. The molecule has 0 radical (unpaired) electrons. The first kappa shape index (κ1) is 32.9. The maximum atomic E-state index is 14.3. The average Bonchev–Trinajstić information content (AvgIpc) is 3.79. The zero-order valence-corrected chi connectivity index (χ0v) is 28.2. The number of anilines is 1. The zero-order chi connectivity index (χ0) is 31.9. The molecule has 0 spiro atoms. The lowest BCUT2D eigenvalue weighted by atomic mass is 9.78. The molecule has 0 atom stereocenters. The molecule has 1 heterocycles. The second kappa shape index (κ2) is 15.2. The lowest BCUT2D eigenvalue weighted by Gasteiger charge is -2.36. The van der Waals surface area contributed by atoms with Crippen molar-refractivity contribution >= 4 is 34.9 Å². The van der Waals surface area contributed by atoms with Gasteiger partial charge in [-0.1, -0.05) is 30.4 Å². The SMILES string of the molecule is C=C(/C=C\C(=NC)N(C)C)C1CCC(CN(C(=O)C2CCC(OC(=O)NC)CC2)c2cccc(-c3cnc(C4CC4)s3)c2)CC1. The fraction of sp³-hybridized carbons (Fsp3) is 0.556. The van der Waals surface area contributed by atoms with Crippen LogP contribution in [0.5, 0.6) is 0 Å². The predicted molar refractivity (Wildman–Crippen MR) is 184 cm³/mol. The summed E-state index contributed by atoms with van der Waals surface area (Å²) in [7, 11) is 7.38. The first-order valence-electron chi connectivity index (χ1n) is 16.5. The van der Waals surface area contributed by atoms with E-state index in [1.165, 1.54) is 17.8 Å². The van der Waals surface area contributed by atoms with Gasteiger partial charge >= 0.3 is 6.09 Å². The van der Waals surface area contributed by atoms with Crippen molar-refractivity contribution in [3.63, 3.8) is 0 Å². The van der Waals surface area contributed by atoms with Crippen molar-refractivity contribution in [2.75, 3.05) is 39.6 Å². The van der Waals surface area contributed by atoms with E-state index in [0.29, 0.717) is 30.6 Å². The first-order chi connectivity index (χ1) is 21.7. The topological polar surface area (TPSA) is 87.1 Å². The number of carbonyl (C=O) groups excluding carboxylic acids is 2. The van der Waals surface area contributed by atoms with Gasteiger partial charge in [0.1, 0.15) is 11.9 Å². The Morgan fingerprint density at radius 2 is 1.76 bits per heavy atom. The molecule has 3 saturated carbocycles. The number of rotatable bonds is 10. The Morgan fingerprint density at radius 1 is 1.04 bits per heavy atom. The second-order valence-corrected chi connectivity index (χ2v) is 14.1. The van der Waals surface area contributed by atoms with E-state index >= 15 is 0 Å². The molecule has 2 aromatic rings. The van der Waals surface area contributed by atoms with Gasteiger partial charge in [0.05, 0.1) is 9.88 Å². The van der Waals surface area contributed by atoms with Crippen LogP contribution in [0.25, 0.3) is 10.4 Å². The molecule has 8 nitrogen and oxygen atoms in total. The number of aliphatic imine (C=N–C) groups is 1. The van der Waals surface area contributed by atoms with Crippen LogP contribution in [0.1, 0.15) is 75.1 Å². The molecule has 242 valence electrons. The van der Waals surface area contributed by atoms with Gasteiger partial charge in [-0.05, 0) is 99.8 Å². The summed E-state index contributed by atoms with van der Waals surface area (Å²) >= 11 is 1.78. The quantitative estimate of drug-likeness (QED) is 0.167. The first-order valence-corrected chi connectivity index (χ1v) is 17.3. The number of aromatic nitrogens is 1. The Morgan fingerprint density at radius 3 is 2.40 bits per heavy atom. The summed E-state index contributed by atoms with van der Waals surface area (Å²) in [5.41, 5.74) is 3.24. The van der Waals surface area contributed by atoms with Crippen LogP contribution >= 0.6 is 11.3 Å². The Labute approximate surface area is 272 Å². The maximum absolute atomic E-state index is 14.3. The third-order valence-corrected chi connectivity index (χ3v) is 10.8. The summed E-state index contributed by atoms with van der Waals surface area (Å²) in [4.78, 5) is 40.3. The third-order valence-electron chi connectivity index (χ3n) is 9.61. The van der Waals surface area contributed by atoms with Gasteiger partial charge in [0, 0.05) is 58.5 Å². The normalized spacial score (nSPS) is 23.9. The molecule has 1 aromatic heterocycles. The van der Waals surface area contributed by atoms with Gasteiger partial charge in [-0.3, -0.25) is 9.79 Å². The molecule has 45 heavy (non-hydrogen) atoms. The highest BCUT2D eigenvalue weighted by atomic mass is 32.1. The van der Waals surface area contributed by atoms with Crippen LogP contribution in [0.3, 0.4) is 0 Å². The van der Waals surface area contributed by atoms with Gasteiger partial charge < -0.3 is 19.9 Å². The van der Waals surface area contributed by atoms with E-state index in [0.717, 1.165) is 72.6 Å². The fourth-order valence-electron chi connectivity index (χ4n) is 6.66. The standard InChI is InChI=1S/C36H49N5O3S/c1-24(9-20-33(37-2)40(4)5)26-12-10-25(11-13-26)23-41(35(42)28-16-18-31(19-17-28)44-36(43)38-3)30-8-6-7-29(21-30)32-22-39-34(45-32)27-14-15-27/h6-9,20-22,25-28,31H,1,10-19,23H2,2-5H3,(H,38,43)/b20-9-,37-33?. The molecule has 1 N–H and O–H groups in total. The fourth-order valence-corrected chi connectivity index (χ4v) is 7.75. The molecule has 0 bridgehead atoms. The summed E-state index contributed by atoms with van der Waals surface area (Å²) in [6.45, 7) is 5.10. The number of ether oxygens (including phenoxy) is 1. The van der Waals surface area contributed by atoms with Crippen LogP contribution in [0.2, 0.25) is 0 Å². The molecule has 2 amide bonds. The molecule has 3 aliphatic carbocycles. The number of nitrogens with zero attached hydrogens (tertiary/aromatic N) is 4. The van der Waals surface area contributed by atoms with Crippen molar-refractivity contribution in [3.05, 3.63) is 59.8 Å². The maximum Gasteiger partial charge on any atom is 0.407 e. The molecule has 0 unspecified atom stereocenters. The number of thiazole rings is 1. The largest absolute Gasteiger partial charge is 0.446 e. The summed E-state index contributed by atoms with van der Waals surface area (Å²) in [6.07, 6.45) is 15.3. The van der Waals surface area contributed by atoms with Gasteiger partial charge in [0.15, 0.2) is 0 Å². The summed E-state index contributed by atoms with van der Waals surface area (Å²) in [5.74, 6) is 2.56. The molecule has 3 aliphatic rings. The molecule has 5 rings (SSSR count). The predicted octanol–water partition coefficient (Wildman–Crippen LogP) is 7.44. The number of allylic oxidation sites excluding steroid dienone is 2. The highest BCUT2D eigenvalue weighted by Crippen LogP contribution is 2.44. The molecular weight excluding hydrogens is 582 g/mol. The number of carbonyl (C=O) groups is 2. The van der Waals surface area contributed by atoms with Crippen molar-refractivity contribution in [1.82, 2.24) is 15.2 Å². The van der Waals surface area contributed by atoms with Gasteiger partial charge in [-0.2, -0.15) is 0 Å². The van der Waals surface area contributed by atoms with E-state index in [9.17, 15) is 9.59 Å². The van der Waals surface area contributed by atoms with Crippen molar-refractivity contribution < 1.29 is 14.3 Å². The monoisotopic (exact) mass is 631 g/mol. The van der Waals surface area contributed by atoms with Crippen molar-refractivity contribution in [2.24, 2.45) is 22.7 Å². The minimum atomic E-state index is -0.401. The Kier molecular flexibility index (Phi) is 11.1. The van der Waals surface area contributed by atoms with E-state index in [2.05, 4.69) is 52.1 Å². The van der Waals surface area contributed by atoms with Gasteiger partial charge in [-0.25, -0.2) is 9.78 Å². The number of likely N-dealkylation sites (N-methyl/N-ethyl adjacent to an activating group) is 1. The van der Waals surface area contributed by atoms with E-state index in [1.807, 2.05) is 38.3 Å². The molecular formula is C36H49N5O3S. The number of hydrogen-bond acceptors (Lipinski definition) is 6. The second-order valence-electron chi connectivity index (χ2n) is 13.1. The van der Waals surface area contributed by atoms with Crippen LogP contribution in [-0.4, -0.2) is 68.6 Å². The average molecular weight is 632 g/mol. The lowest BCUT2D eigenvalue weighted by Crippen LogP contribution is -2.42. The zero-order valence-electron chi connectivity index (χ0n) is 27.3. The lowest BCUT2D eigenvalue weighted by molar-refractivity contribution is -0.124. The Hall–Kier alpha value is -3.46. The molecule has 1 aromatic carbocycles. The third kappa shape index (κ3) is 8.63. The summed E-state index contributed by atoms with van der Waals surface area (Å²) in [6, 6.07) is 8.47. The van der Waals surface area contributed by atoms with E-state index in [1.54, 1.807) is 18.4 Å². The smallest absolute Gasteiger partial charge is 0.407 e. The van der Waals surface area contributed by atoms with Crippen molar-refractivity contribution in [3.8, 4) is 10.4 Å². The van der Waals surface area contributed by atoms with Crippen LogP contribution in [0, 0.1) is 17.8 Å². The van der Waals surface area contributed by atoms with Crippen LogP contribution in [-0.2, 0) is 9.53 Å². The van der Waals surface area contributed by atoms with Crippen molar-refractivity contribution in [2.45, 2.75) is 76.2 Å². The number of nitrogens with one attached hydrogen (secondary N) is 1. The molecule has 3 fully saturated rings.